The number of Topliss-reactive ketones (excluding diaryl/α,β-unsaturated/α-hetero) is 1. The van der Waals surface area contributed by atoms with Crippen molar-refractivity contribution in [3.63, 3.8) is 0 Å². The summed E-state index contributed by atoms with van der Waals surface area (Å²) in [5, 5.41) is 13.0. The number of anilines is 3. The van der Waals surface area contributed by atoms with E-state index < -0.39 is 11.6 Å². The third-order valence-corrected chi connectivity index (χ3v) is 7.85. The Morgan fingerprint density at radius 2 is 1.95 bits per heavy atom. The number of nitrogens with one attached hydrogen (secondary N) is 1. The normalized spacial score (nSPS) is 17.7. The van der Waals surface area contributed by atoms with Crippen LogP contribution in [0, 0.1) is 11.7 Å². The molecule has 39 heavy (non-hydrogen) atoms. The highest BCUT2D eigenvalue weighted by atomic mass is 35.5. The number of phenols is 1. The number of benzene rings is 1. The molecule has 8 nitrogen and oxygen atoms in total. The average molecular weight is 547 g/mol. The van der Waals surface area contributed by atoms with Gasteiger partial charge < -0.3 is 21.1 Å². The van der Waals surface area contributed by atoms with Crippen molar-refractivity contribution in [2.75, 3.05) is 23.3 Å². The lowest BCUT2D eigenvalue weighted by atomic mass is 9.80. The van der Waals surface area contributed by atoms with Gasteiger partial charge in [0.2, 0.25) is 0 Å². The third kappa shape index (κ3) is 4.99. The fraction of sp³-hybridized carbons (Fsp3) is 0.310. The number of fused-ring (bicyclic) bond motifs is 1. The number of phenolic OH excluding ortho intramolecular Hbond substituents is 1. The van der Waals surface area contributed by atoms with Crippen LogP contribution in [0.1, 0.15) is 42.5 Å². The fourth-order valence-corrected chi connectivity index (χ4v) is 5.36. The fourth-order valence-electron chi connectivity index (χ4n) is 5.15. The van der Waals surface area contributed by atoms with Crippen LogP contribution in [0.2, 0.25) is 5.02 Å². The van der Waals surface area contributed by atoms with Crippen molar-refractivity contribution in [1.82, 2.24) is 15.0 Å². The minimum Gasteiger partial charge on any atom is -0.504 e. The van der Waals surface area contributed by atoms with Crippen LogP contribution in [0.15, 0.2) is 48.8 Å². The molecule has 1 atom stereocenters. The number of pyridine rings is 3. The largest absolute Gasteiger partial charge is 0.504 e. The van der Waals surface area contributed by atoms with Gasteiger partial charge in [-0.05, 0) is 62.1 Å². The predicted molar refractivity (Wildman–Crippen MR) is 150 cm³/mol. The molecule has 1 aliphatic carbocycles. The number of ketones is 1. The summed E-state index contributed by atoms with van der Waals surface area (Å²) in [6, 6.07) is 10.1. The van der Waals surface area contributed by atoms with Crippen molar-refractivity contribution in [3.8, 4) is 17.0 Å². The van der Waals surface area contributed by atoms with Crippen LogP contribution in [0.25, 0.3) is 22.3 Å². The van der Waals surface area contributed by atoms with Gasteiger partial charge in [-0.25, -0.2) is 14.4 Å². The summed E-state index contributed by atoms with van der Waals surface area (Å²) in [5.74, 6) is -0.614. The van der Waals surface area contributed by atoms with Crippen LogP contribution in [0.3, 0.4) is 0 Å². The van der Waals surface area contributed by atoms with Gasteiger partial charge in [0.1, 0.15) is 11.3 Å². The van der Waals surface area contributed by atoms with Gasteiger partial charge in [0.05, 0.1) is 39.4 Å². The number of carbonyl (C=O) groups excluding carboxylic acids is 1. The number of aromatic nitrogens is 3. The van der Waals surface area contributed by atoms with E-state index in [2.05, 4.69) is 20.2 Å². The van der Waals surface area contributed by atoms with E-state index in [9.17, 15) is 14.3 Å². The second kappa shape index (κ2) is 10.4. The Morgan fingerprint density at radius 1 is 1.10 bits per heavy atom. The molecule has 2 fully saturated rings. The van der Waals surface area contributed by atoms with Gasteiger partial charge in [0, 0.05) is 36.8 Å². The summed E-state index contributed by atoms with van der Waals surface area (Å²) in [5.41, 5.74) is 9.68. The Hall–Kier alpha value is -3.82. The van der Waals surface area contributed by atoms with Gasteiger partial charge in [-0.15, -0.1) is 0 Å². The van der Waals surface area contributed by atoms with Crippen LogP contribution in [-0.2, 0) is 0 Å². The van der Waals surface area contributed by atoms with E-state index in [0.717, 1.165) is 51.0 Å². The monoisotopic (exact) mass is 546 g/mol. The van der Waals surface area contributed by atoms with Crippen molar-refractivity contribution in [1.29, 1.82) is 0 Å². The van der Waals surface area contributed by atoms with Crippen molar-refractivity contribution in [2.24, 2.45) is 11.7 Å². The maximum Gasteiger partial charge on any atom is 0.170 e. The maximum absolute atomic E-state index is 14.3. The second-order valence-electron chi connectivity index (χ2n) is 10.3. The van der Waals surface area contributed by atoms with Gasteiger partial charge in [0.15, 0.2) is 17.3 Å². The molecule has 4 N–H and O–H groups in total. The van der Waals surface area contributed by atoms with E-state index in [0.29, 0.717) is 39.2 Å². The average Bonchev–Trinajstić information content (AvgIpc) is 2.90. The lowest BCUT2D eigenvalue weighted by molar-refractivity contribution is 0.0856. The van der Waals surface area contributed by atoms with Gasteiger partial charge >= 0.3 is 0 Å². The predicted octanol–water partition coefficient (Wildman–Crippen LogP) is 5.84. The molecule has 0 bridgehead atoms. The molecule has 1 aliphatic heterocycles. The second-order valence-corrected chi connectivity index (χ2v) is 10.7. The van der Waals surface area contributed by atoms with Crippen LogP contribution < -0.4 is 16.0 Å². The van der Waals surface area contributed by atoms with Gasteiger partial charge in [0.25, 0.3) is 0 Å². The number of nitrogens with two attached hydrogens (primary N) is 1. The molecule has 3 aromatic heterocycles. The van der Waals surface area contributed by atoms with Crippen LogP contribution in [0.5, 0.6) is 5.75 Å². The Labute approximate surface area is 230 Å². The van der Waals surface area contributed by atoms with Gasteiger partial charge in [-0.3, -0.25) is 9.78 Å². The highest BCUT2D eigenvalue weighted by Gasteiger charge is 2.29. The molecule has 4 heterocycles. The maximum atomic E-state index is 14.3. The van der Waals surface area contributed by atoms with E-state index in [4.69, 9.17) is 22.3 Å². The molecule has 200 valence electrons. The first-order valence-corrected chi connectivity index (χ1v) is 13.5. The van der Waals surface area contributed by atoms with Crippen LogP contribution >= 0.6 is 11.6 Å². The van der Waals surface area contributed by atoms with E-state index in [1.807, 2.05) is 12.1 Å². The molecule has 1 saturated heterocycles. The zero-order valence-electron chi connectivity index (χ0n) is 21.2. The van der Waals surface area contributed by atoms with Crippen molar-refractivity contribution >= 4 is 45.6 Å². The molecule has 0 spiro atoms. The zero-order valence-corrected chi connectivity index (χ0v) is 22.0. The molecular weight excluding hydrogens is 519 g/mol. The number of piperidine rings is 1. The summed E-state index contributed by atoms with van der Waals surface area (Å²) in [6.07, 6.45) is 8.11. The van der Waals surface area contributed by atoms with Gasteiger partial charge in [-0.2, -0.15) is 0 Å². The number of halogens is 2. The summed E-state index contributed by atoms with van der Waals surface area (Å²) < 4.78 is 14.3. The summed E-state index contributed by atoms with van der Waals surface area (Å²) >= 11 is 6.02. The summed E-state index contributed by atoms with van der Waals surface area (Å²) in [4.78, 5) is 29.5. The van der Waals surface area contributed by atoms with E-state index >= 15 is 0 Å². The molecule has 0 amide bonds. The first-order valence-electron chi connectivity index (χ1n) is 13.1. The van der Waals surface area contributed by atoms with Crippen molar-refractivity contribution in [2.45, 2.75) is 38.1 Å². The molecule has 1 aromatic carbocycles. The summed E-state index contributed by atoms with van der Waals surface area (Å²) in [7, 11) is 0. The first-order chi connectivity index (χ1) is 18.9. The Morgan fingerprint density at radius 3 is 2.64 bits per heavy atom. The molecular formula is C29H28ClFN6O2. The van der Waals surface area contributed by atoms with E-state index in [-0.39, 0.29) is 22.8 Å². The lowest BCUT2D eigenvalue weighted by Gasteiger charge is -2.31. The smallest absolute Gasteiger partial charge is 0.170 e. The Bertz CT molecular complexity index is 1540. The zero-order chi connectivity index (χ0) is 27.1. The number of aromatic hydroxyl groups is 1. The Balaban J connectivity index is 1.41. The molecule has 4 aromatic rings. The standard InChI is InChI=1S/C29H28ClFN6O2/c30-21-11-17(12-22(31)29(21)39)23-7-8-24-27(36-23)26(20(14-33-24)28(38)16-3-1-4-16)35-19-6-9-25(34-13-19)37-10-2-5-18(32)15-37/h6-9,11-14,16,18,39H,1-5,10,15,32H2,(H,33,35). The Kier molecular flexibility index (Phi) is 6.78. The molecule has 6 rings (SSSR count). The summed E-state index contributed by atoms with van der Waals surface area (Å²) in [6.45, 7) is 1.68. The lowest BCUT2D eigenvalue weighted by Crippen LogP contribution is -2.43. The minimum atomic E-state index is -0.842. The number of hydrogen-bond acceptors (Lipinski definition) is 8. The van der Waals surface area contributed by atoms with Crippen molar-refractivity contribution < 1.29 is 14.3 Å². The topological polar surface area (TPSA) is 117 Å². The highest BCUT2D eigenvalue weighted by Crippen LogP contribution is 2.37. The first kappa shape index (κ1) is 25.5. The third-order valence-electron chi connectivity index (χ3n) is 7.57. The number of nitrogens with zero attached hydrogens (tertiary/aromatic N) is 4. The molecule has 1 saturated carbocycles. The molecule has 10 heteroatoms. The highest BCUT2D eigenvalue weighted by molar-refractivity contribution is 6.32. The van der Waals surface area contributed by atoms with Gasteiger partial charge in [-0.1, -0.05) is 18.0 Å². The molecule has 1 unspecified atom stereocenters. The quantitative estimate of drug-likeness (QED) is 0.258. The number of carbonyl (C=O) groups is 1. The van der Waals surface area contributed by atoms with Crippen LogP contribution in [-0.4, -0.2) is 45.0 Å². The SMILES string of the molecule is NC1CCCN(c2ccc(Nc3c(C(=O)C4CCC4)cnc4ccc(-c5cc(F)c(O)c(Cl)c5)nc34)cn2)C1. The number of rotatable bonds is 6. The van der Waals surface area contributed by atoms with E-state index in [1.165, 1.54) is 12.1 Å². The van der Waals surface area contributed by atoms with Crippen molar-refractivity contribution in [3.05, 3.63) is 65.2 Å². The molecule has 0 radical (unpaired) electrons. The number of hydrogen-bond donors (Lipinski definition) is 3. The molecule has 2 aliphatic rings. The van der Waals surface area contributed by atoms with Crippen LogP contribution in [0.4, 0.5) is 21.6 Å². The minimum absolute atomic E-state index is 0.0240. The van der Waals surface area contributed by atoms with E-state index in [1.54, 1.807) is 24.5 Å².